The van der Waals surface area contributed by atoms with Gasteiger partial charge in [0.2, 0.25) is 0 Å². The van der Waals surface area contributed by atoms with Crippen LogP contribution in [-0.4, -0.2) is 54.7 Å². The number of ether oxygens (including phenoxy) is 1. The van der Waals surface area contributed by atoms with Gasteiger partial charge in [-0.15, -0.1) is 0 Å². The Morgan fingerprint density at radius 2 is 2.00 bits per heavy atom. The number of rotatable bonds is 4. The van der Waals surface area contributed by atoms with Crippen molar-refractivity contribution in [3.8, 4) is 0 Å². The lowest BCUT2D eigenvalue weighted by Gasteiger charge is -2.29. The predicted octanol–water partition coefficient (Wildman–Crippen LogP) is 0.429. The first-order valence-electron chi connectivity index (χ1n) is 4.39. The summed E-state index contributed by atoms with van der Waals surface area (Å²) < 4.78 is 31.0. The van der Waals surface area contributed by atoms with Gasteiger partial charge in [0.1, 0.15) is 6.42 Å². The Balaban J connectivity index is 2.36. The van der Waals surface area contributed by atoms with Gasteiger partial charge in [0.15, 0.2) is 0 Å². The highest BCUT2D eigenvalue weighted by Crippen LogP contribution is 2.20. The summed E-state index contributed by atoms with van der Waals surface area (Å²) in [5.74, 6) is -4.62. The Labute approximate surface area is 80.4 Å². The number of nitrogens with zero attached hydrogens (tertiary/aromatic N) is 1. The van der Waals surface area contributed by atoms with E-state index in [1.165, 1.54) is 4.90 Å². The van der Waals surface area contributed by atoms with Crippen molar-refractivity contribution >= 4 is 5.97 Å². The third-order valence-electron chi connectivity index (χ3n) is 1.97. The van der Waals surface area contributed by atoms with Gasteiger partial charge < -0.3 is 9.84 Å². The lowest BCUT2D eigenvalue weighted by atomic mass is 10.2. The minimum absolute atomic E-state index is 0.434. The first kappa shape index (κ1) is 11.3. The van der Waals surface area contributed by atoms with Crippen LogP contribution in [0.2, 0.25) is 0 Å². The monoisotopic (exact) mass is 209 g/mol. The zero-order valence-corrected chi connectivity index (χ0v) is 7.71. The molecule has 0 aromatic heterocycles. The summed E-state index contributed by atoms with van der Waals surface area (Å²) in [5.41, 5.74) is 0. The summed E-state index contributed by atoms with van der Waals surface area (Å²) in [6.07, 6.45) is -1.11. The van der Waals surface area contributed by atoms with E-state index in [9.17, 15) is 13.6 Å². The second-order valence-electron chi connectivity index (χ2n) is 3.31. The molecular weight excluding hydrogens is 196 g/mol. The van der Waals surface area contributed by atoms with Crippen molar-refractivity contribution in [2.24, 2.45) is 0 Å². The standard InChI is InChI=1S/C8H13F2NO3/c9-8(10,5-7(12)13)6-11-1-3-14-4-2-11/h1-6H2,(H,12,13). The molecule has 14 heavy (non-hydrogen) atoms. The zero-order chi connectivity index (χ0) is 10.6. The van der Waals surface area contributed by atoms with E-state index in [4.69, 9.17) is 9.84 Å². The molecule has 0 saturated carbocycles. The van der Waals surface area contributed by atoms with Crippen molar-refractivity contribution in [3.63, 3.8) is 0 Å². The number of morpholine rings is 1. The number of hydrogen-bond acceptors (Lipinski definition) is 3. The molecule has 0 aliphatic carbocycles. The zero-order valence-electron chi connectivity index (χ0n) is 7.71. The molecule has 0 radical (unpaired) electrons. The molecule has 1 aliphatic rings. The van der Waals surface area contributed by atoms with Crippen LogP contribution in [0.25, 0.3) is 0 Å². The van der Waals surface area contributed by atoms with Crippen molar-refractivity contribution in [3.05, 3.63) is 0 Å². The maximum atomic E-state index is 13.0. The Kier molecular flexibility index (Phi) is 3.77. The highest BCUT2D eigenvalue weighted by atomic mass is 19.3. The summed E-state index contributed by atoms with van der Waals surface area (Å²) >= 11 is 0. The SMILES string of the molecule is O=C(O)CC(F)(F)CN1CCOCC1. The summed E-state index contributed by atoms with van der Waals surface area (Å²) in [7, 11) is 0. The predicted molar refractivity (Wildman–Crippen MR) is 44.5 cm³/mol. The van der Waals surface area contributed by atoms with E-state index in [1.807, 2.05) is 0 Å². The van der Waals surface area contributed by atoms with Gasteiger partial charge in [-0.2, -0.15) is 0 Å². The second kappa shape index (κ2) is 4.65. The second-order valence-corrected chi connectivity index (χ2v) is 3.31. The molecule has 1 aliphatic heterocycles. The highest BCUT2D eigenvalue weighted by Gasteiger charge is 2.34. The molecule has 1 fully saturated rings. The largest absolute Gasteiger partial charge is 0.481 e. The van der Waals surface area contributed by atoms with Crippen molar-refractivity contribution in [1.82, 2.24) is 4.90 Å². The fraction of sp³-hybridized carbons (Fsp3) is 0.875. The Morgan fingerprint density at radius 3 is 2.50 bits per heavy atom. The van der Waals surface area contributed by atoms with Gasteiger partial charge in [-0.05, 0) is 0 Å². The lowest BCUT2D eigenvalue weighted by molar-refractivity contribution is -0.146. The highest BCUT2D eigenvalue weighted by molar-refractivity contribution is 5.67. The van der Waals surface area contributed by atoms with Crippen LogP contribution < -0.4 is 0 Å². The number of halogens is 2. The number of hydrogen-bond donors (Lipinski definition) is 1. The van der Waals surface area contributed by atoms with Crippen LogP contribution in [0.1, 0.15) is 6.42 Å². The smallest absolute Gasteiger partial charge is 0.309 e. The van der Waals surface area contributed by atoms with Gasteiger partial charge in [-0.1, -0.05) is 0 Å². The van der Waals surface area contributed by atoms with Crippen LogP contribution in [-0.2, 0) is 9.53 Å². The summed E-state index contributed by atoms with van der Waals surface area (Å²) in [4.78, 5) is 11.7. The summed E-state index contributed by atoms with van der Waals surface area (Å²) in [6, 6.07) is 0. The molecule has 0 unspecified atom stereocenters. The topological polar surface area (TPSA) is 49.8 Å². The first-order chi connectivity index (χ1) is 6.49. The molecule has 6 heteroatoms. The number of aliphatic carboxylic acids is 1. The Hall–Kier alpha value is -0.750. The molecular formula is C8H13F2NO3. The van der Waals surface area contributed by atoms with Crippen LogP contribution in [0.5, 0.6) is 0 Å². The molecule has 0 aromatic carbocycles. The average Bonchev–Trinajstić information content (AvgIpc) is 2.02. The quantitative estimate of drug-likeness (QED) is 0.729. The molecule has 0 amide bonds. The molecule has 1 rings (SSSR count). The van der Waals surface area contributed by atoms with Gasteiger partial charge >= 0.3 is 5.97 Å². The summed E-state index contributed by atoms with van der Waals surface area (Å²) in [6.45, 7) is 1.25. The molecule has 0 aromatic rings. The van der Waals surface area contributed by atoms with Crippen LogP contribution in [0.3, 0.4) is 0 Å². The van der Waals surface area contributed by atoms with E-state index in [1.54, 1.807) is 0 Å². The van der Waals surface area contributed by atoms with E-state index in [-0.39, 0.29) is 0 Å². The van der Waals surface area contributed by atoms with Crippen molar-refractivity contribution in [1.29, 1.82) is 0 Å². The number of carboxylic acid groups (broad SMARTS) is 1. The number of carbonyl (C=O) groups is 1. The van der Waals surface area contributed by atoms with Gasteiger partial charge in [0.25, 0.3) is 5.92 Å². The van der Waals surface area contributed by atoms with Gasteiger partial charge in [-0.3, -0.25) is 9.69 Å². The summed E-state index contributed by atoms with van der Waals surface area (Å²) in [5, 5.41) is 8.26. The van der Waals surface area contributed by atoms with Gasteiger partial charge in [0.05, 0.1) is 19.8 Å². The van der Waals surface area contributed by atoms with Gasteiger partial charge in [-0.25, -0.2) is 8.78 Å². The molecule has 1 saturated heterocycles. The average molecular weight is 209 g/mol. The lowest BCUT2D eigenvalue weighted by Crippen LogP contribution is -2.44. The molecule has 0 spiro atoms. The Bertz CT molecular complexity index is 205. The molecule has 82 valence electrons. The van der Waals surface area contributed by atoms with E-state index in [0.29, 0.717) is 26.3 Å². The van der Waals surface area contributed by atoms with Crippen LogP contribution >= 0.6 is 0 Å². The van der Waals surface area contributed by atoms with E-state index >= 15 is 0 Å². The van der Waals surface area contributed by atoms with Crippen LogP contribution in [0, 0.1) is 0 Å². The molecule has 1 heterocycles. The van der Waals surface area contributed by atoms with E-state index < -0.39 is 24.9 Å². The molecule has 0 bridgehead atoms. The Morgan fingerprint density at radius 1 is 1.43 bits per heavy atom. The van der Waals surface area contributed by atoms with Crippen LogP contribution in [0.4, 0.5) is 8.78 Å². The molecule has 0 atom stereocenters. The number of carboxylic acids is 1. The normalized spacial score (nSPS) is 19.6. The number of alkyl halides is 2. The van der Waals surface area contributed by atoms with Crippen LogP contribution in [0.15, 0.2) is 0 Å². The fourth-order valence-electron chi connectivity index (χ4n) is 1.36. The molecule has 4 nitrogen and oxygen atoms in total. The van der Waals surface area contributed by atoms with Gasteiger partial charge in [0, 0.05) is 13.1 Å². The van der Waals surface area contributed by atoms with E-state index in [2.05, 4.69) is 0 Å². The molecule has 1 N–H and O–H groups in total. The maximum absolute atomic E-state index is 13.0. The minimum Gasteiger partial charge on any atom is -0.481 e. The fourth-order valence-corrected chi connectivity index (χ4v) is 1.36. The van der Waals surface area contributed by atoms with E-state index in [0.717, 1.165) is 0 Å². The third-order valence-corrected chi connectivity index (χ3v) is 1.97. The first-order valence-corrected chi connectivity index (χ1v) is 4.39. The van der Waals surface area contributed by atoms with Crippen molar-refractivity contribution < 1.29 is 23.4 Å². The third kappa shape index (κ3) is 3.97. The maximum Gasteiger partial charge on any atom is 0.309 e. The van der Waals surface area contributed by atoms with Crippen molar-refractivity contribution in [2.75, 3.05) is 32.8 Å². The minimum atomic E-state index is -3.15. The van der Waals surface area contributed by atoms with Crippen molar-refractivity contribution in [2.45, 2.75) is 12.3 Å².